The molecule has 8 nitrogen and oxygen atoms in total. The van der Waals surface area contributed by atoms with E-state index in [1.54, 1.807) is 7.11 Å². The minimum absolute atomic E-state index is 0.0845. The van der Waals surface area contributed by atoms with Crippen LogP contribution in [0.15, 0.2) is 29.1 Å². The molecule has 2 aromatic heterocycles. The fourth-order valence-electron chi connectivity index (χ4n) is 4.28. The van der Waals surface area contributed by atoms with E-state index in [0.29, 0.717) is 42.4 Å². The Kier molecular flexibility index (Phi) is 5.33. The molecule has 31 heavy (non-hydrogen) atoms. The molecule has 1 saturated carbocycles. The maximum absolute atomic E-state index is 13.0. The van der Waals surface area contributed by atoms with Gasteiger partial charge in [-0.15, -0.1) is 0 Å². The van der Waals surface area contributed by atoms with Gasteiger partial charge in [-0.1, -0.05) is 6.07 Å². The number of fused-ring (bicyclic) bond motifs is 2. The summed E-state index contributed by atoms with van der Waals surface area (Å²) >= 11 is 0. The van der Waals surface area contributed by atoms with Gasteiger partial charge in [0.2, 0.25) is 5.95 Å². The van der Waals surface area contributed by atoms with E-state index in [0.717, 1.165) is 54.1 Å². The Bertz CT molecular complexity index is 1170. The molecule has 0 amide bonds. The van der Waals surface area contributed by atoms with Gasteiger partial charge in [0.1, 0.15) is 5.75 Å². The van der Waals surface area contributed by atoms with Crippen LogP contribution in [0.2, 0.25) is 0 Å². The van der Waals surface area contributed by atoms with Crippen LogP contribution in [0.3, 0.4) is 0 Å². The number of aromatic amines is 1. The molecule has 0 radical (unpaired) electrons. The lowest BCUT2D eigenvalue weighted by molar-refractivity contribution is 0.291. The number of nitrogens with one attached hydrogen (secondary N) is 2. The number of methoxy groups -OCH3 is 1. The zero-order valence-electron chi connectivity index (χ0n) is 17.6. The first-order valence-electron chi connectivity index (χ1n) is 10.8. The second-order valence-corrected chi connectivity index (χ2v) is 8.25. The molecule has 0 unspecified atom stereocenters. The predicted molar refractivity (Wildman–Crippen MR) is 119 cm³/mol. The van der Waals surface area contributed by atoms with Gasteiger partial charge in [0, 0.05) is 44.4 Å². The number of anilines is 1. The highest BCUT2D eigenvalue weighted by molar-refractivity contribution is 5.85. The van der Waals surface area contributed by atoms with E-state index in [9.17, 15) is 4.79 Å². The predicted octanol–water partition coefficient (Wildman–Crippen LogP) is 1.85. The number of H-pyrrole nitrogens is 1. The summed E-state index contributed by atoms with van der Waals surface area (Å²) in [6.45, 7) is 2.70. The van der Waals surface area contributed by atoms with Crippen LogP contribution in [-0.4, -0.2) is 46.9 Å². The molecule has 2 aliphatic rings. The second kappa shape index (κ2) is 8.28. The number of benzene rings is 1. The van der Waals surface area contributed by atoms with Gasteiger partial charge in [0.15, 0.2) is 0 Å². The van der Waals surface area contributed by atoms with Crippen molar-refractivity contribution in [1.29, 1.82) is 0 Å². The van der Waals surface area contributed by atoms with Gasteiger partial charge in [-0.2, -0.15) is 0 Å². The van der Waals surface area contributed by atoms with E-state index in [4.69, 9.17) is 19.8 Å². The Morgan fingerprint density at radius 1 is 1.29 bits per heavy atom. The zero-order valence-corrected chi connectivity index (χ0v) is 17.6. The second-order valence-electron chi connectivity index (χ2n) is 8.25. The van der Waals surface area contributed by atoms with E-state index >= 15 is 0 Å². The van der Waals surface area contributed by atoms with Crippen molar-refractivity contribution in [2.45, 2.75) is 38.3 Å². The molecular weight excluding hydrogens is 394 g/mol. The molecular formula is C23H27N5O3. The number of aromatic nitrogens is 3. The fourth-order valence-corrected chi connectivity index (χ4v) is 4.28. The van der Waals surface area contributed by atoms with Gasteiger partial charge in [-0.3, -0.25) is 14.8 Å². The lowest BCUT2D eigenvalue weighted by Gasteiger charge is -2.29. The molecule has 3 aromatic rings. The largest absolute Gasteiger partial charge is 0.497 e. The Morgan fingerprint density at radius 2 is 2.16 bits per heavy atom. The van der Waals surface area contributed by atoms with Crippen LogP contribution in [0, 0.1) is 0 Å². The summed E-state index contributed by atoms with van der Waals surface area (Å²) in [5.74, 6) is 1.76. The van der Waals surface area contributed by atoms with Crippen LogP contribution in [-0.2, 0) is 19.5 Å². The first-order chi connectivity index (χ1) is 15.2. The van der Waals surface area contributed by atoms with Crippen molar-refractivity contribution in [2.24, 2.45) is 0 Å². The van der Waals surface area contributed by atoms with Crippen LogP contribution in [0.4, 0.5) is 5.95 Å². The fraction of sp³-hybridized carbons (Fsp3) is 0.435. The maximum Gasteiger partial charge on any atom is 0.260 e. The molecule has 0 saturated heterocycles. The lowest BCUT2D eigenvalue weighted by atomic mass is 10.0. The lowest BCUT2D eigenvalue weighted by Crippen LogP contribution is -2.34. The maximum atomic E-state index is 13.0. The summed E-state index contributed by atoms with van der Waals surface area (Å²) < 4.78 is 5.47. The molecule has 0 atom stereocenters. The van der Waals surface area contributed by atoms with Crippen molar-refractivity contribution in [3.63, 3.8) is 0 Å². The van der Waals surface area contributed by atoms with Gasteiger partial charge < -0.3 is 20.1 Å². The Morgan fingerprint density at radius 3 is 2.94 bits per heavy atom. The number of aliphatic hydroxyl groups is 1. The van der Waals surface area contributed by atoms with E-state index in [1.165, 1.54) is 0 Å². The van der Waals surface area contributed by atoms with Crippen LogP contribution in [0.5, 0.6) is 5.75 Å². The van der Waals surface area contributed by atoms with Gasteiger partial charge in [0.05, 0.1) is 30.3 Å². The van der Waals surface area contributed by atoms with E-state index in [-0.39, 0.29) is 12.2 Å². The van der Waals surface area contributed by atoms with Crippen molar-refractivity contribution in [3.05, 3.63) is 57.1 Å². The smallest absolute Gasteiger partial charge is 0.260 e. The molecule has 162 valence electrons. The van der Waals surface area contributed by atoms with E-state index in [1.807, 2.05) is 18.2 Å². The quantitative estimate of drug-likeness (QED) is 0.500. The van der Waals surface area contributed by atoms with E-state index in [2.05, 4.69) is 21.3 Å². The highest BCUT2D eigenvalue weighted by Crippen LogP contribution is 2.43. The first kappa shape index (κ1) is 20.0. The topological polar surface area (TPSA) is 103 Å². The SMILES string of the molecule is COc1cc(C2CC2)c2c(=O)[nH]c(N3CCc4nc(CNCCO)ccc4C3)nc2c1. The molecule has 1 aromatic carbocycles. The number of hydrogen-bond acceptors (Lipinski definition) is 7. The zero-order chi connectivity index (χ0) is 21.4. The molecule has 1 aliphatic heterocycles. The molecule has 0 bridgehead atoms. The molecule has 1 aliphatic carbocycles. The summed E-state index contributed by atoms with van der Waals surface area (Å²) in [5.41, 5.74) is 4.85. The summed E-state index contributed by atoms with van der Waals surface area (Å²) in [5, 5.41) is 12.8. The third kappa shape index (κ3) is 4.00. The average molecular weight is 422 g/mol. The summed E-state index contributed by atoms with van der Waals surface area (Å²) in [6, 6.07) is 7.94. The number of aliphatic hydroxyl groups excluding tert-OH is 1. The highest BCUT2D eigenvalue weighted by Gasteiger charge is 2.28. The Hall–Kier alpha value is -2.97. The monoisotopic (exact) mass is 421 g/mol. The van der Waals surface area contributed by atoms with Crippen LogP contribution < -0.4 is 20.5 Å². The molecule has 8 heteroatoms. The van der Waals surface area contributed by atoms with Gasteiger partial charge >= 0.3 is 0 Å². The number of hydrogen-bond donors (Lipinski definition) is 3. The number of rotatable bonds is 7. The van der Waals surface area contributed by atoms with Crippen LogP contribution in [0.1, 0.15) is 41.3 Å². The molecule has 3 N–H and O–H groups in total. The number of pyridine rings is 1. The van der Waals surface area contributed by atoms with Crippen molar-refractivity contribution >= 4 is 16.9 Å². The van der Waals surface area contributed by atoms with Gasteiger partial charge in [-0.05, 0) is 42.0 Å². The Labute approximate surface area is 180 Å². The van der Waals surface area contributed by atoms with Crippen LogP contribution in [0.25, 0.3) is 10.9 Å². The minimum atomic E-state index is -0.0845. The van der Waals surface area contributed by atoms with Gasteiger partial charge in [0.25, 0.3) is 5.56 Å². The van der Waals surface area contributed by atoms with Crippen molar-refractivity contribution in [1.82, 2.24) is 20.3 Å². The molecule has 5 rings (SSSR count). The summed E-state index contributed by atoms with van der Waals surface area (Å²) in [6.07, 6.45) is 3.00. The number of ether oxygens (including phenoxy) is 1. The standard InChI is InChI=1S/C23H27N5O3/c1-31-17-10-18(14-2-3-14)21-20(11-17)26-23(27-22(21)30)28-8-6-19-15(13-28)4-5-16(25-19)12-24-7-9-29/h4-5,10-11,14,24,29H,2-3,6-9,12-13H2,1H3,(H,26,27,30). The first-order valence-corrected chi connectivity index (χ1v) is 10.8. The normalized spacial score (nSPS) is 15.9. The van der Waals surface area contributed by atoms with Crippen molar-refractivity contribution in [2.75, 3.05) is 31.7 Å². The van der Waals surface area contributed by atoms with Crippen molar-refractivity contribution in [3.8, 4) is 5.75 Å². The summed E-state index contributed by atoms with van der Waals surface area (Å²) in [4.78, 5) is 27.7. The highest BCUT2D eigenvalue weighted by atomic mass is 16.5. The summed E-state index contributed by atoms with van der Waals surface area (Å²) in [7, 11) is 1.65. The third-order valence-electron chi connectivity index (χ3n) is 6.05. The third-order valence-corrected chi connectivity index (χ3v) is 6.05. The molecule has 0 spiro atoms. The van der Waals surface area contributed by atoms with Crippen LogP contribution >= 0.6 is 0 Å². The van der Waals surface area contributed by atoms with Crippen molar-refractivity contribution < 1.29 is 9.84 Å². The average Bonchev–Trinajstić information content (AvgIpc) is 3.63. The minimum Gasteiger partial charge on any atom is -0.497 e. The number of nitrogens with zero attached hydrogens (tertiary/aromatic N) is 3. The Balaban J connectivity index is 1.43. The van der Waals surface area contributed by atoms with E-state index < -0.39 is 0 Å². The van der Waals surface area contributed by atoms with Gasteiger partial charge in [-0.25, -0.2) is 4.98 Å². The molecule has 1 fully saturated rings. The molecule has 3 heterocycles.